The summed E-state index contributed by atoms with van der Waals surface area (Å²) in [6.45, 7) is 5.79. The molecule has 0 spiro atoms. The molecule has 3 heterocycles. The van der Waals surface area contributed by atoms with Gasteiger partial charge in [0.05, 0.1) is 6.10 Å². The normalized spacial score (nSPS) is 26.2. The summed E-state index contributed by atoms with van der Waals surface area (Å²) in [6.07, 6.45) is -1.16. The number of carboxylic acid groups (broad SMARTS) is 1. The highest BCUT2D eigenvalue weighted by Gasteiger charge is 2.40. The molecular weight excluding hydrogens is 420 g/mol. The molecule has 1 aromatic carbocycles. The summed E-state index contributed by atoms with van der Waals surface area (Å²) < 4.78 is 50.5. The van der Waals surface area contributed by atoms with E-state index in [1.165, 1.54) is 25.0 Å². The Kier molecular flexibility index (Phi) is 7.53. The van der Waals surface area contributed by atoms with Gasteiger partial charge in [-0.2, -0.15) is 13.2 Å². The lowest BCUT2D eigenvalue weighted by Crippen LogP contribution is -2.43. The van der Waals surface area contributed by atoms with Gasteiger partial charge in [0.25, 0.3) is 5.91 Å². The van der Waals surface area contributed by atoms with Crippen LogP contribution >= 0.6 is 0 Å². The van der Waals surface area contributed by atoms with Crippen LogP contribution < -0.4 is 0 Å². The smallest absolute Gasteiger partial charge is 0.475 e. The van der Waals surface area contributed by atoms with E-state index in [9.17, 15) is 22.4 Å². The fourth-order valence-corrected chi connectivity index (χ4v) is 4.43. The number of hydrogen-bond acceptors (Lipinski definition) is 4. The highest BCUT2D eigenvalue weighted by Crippen LogP contribution is 2.32. The Balaban J connectivity index is 0.000000339. The number of hydrogen-bond donors (Lipinski definition) is 1. The van der Waals surface area contributed by atoms with E-state index in [-0.39, 0.29) is 11.7 Å². The molecule has 1 amide bonds. The maximum atomic E-state index is 13.0. The number of alkyl halides is 3. The van der Waals surface area contributed by atoms with E-state index in [1.54, 1.807) is 12.1 Å². The number of rotatable bonds is 3. The molecule has 1 aromatic rings. The van der Waals surface area contributed by atoms with Crippen molar-refractivity contribution in [3.63, 3.8) is 0 Å². The van der Waals surface area contributed by atoms with Gasteiger partial charge in [0, 0.05) is 38.3 Å². The molecule has 3 aliphatic heterocycles. The number of ether oxygens (including phenoxy) is 1. The van der Waals surface area contributed by atoms with E-state index in [1.807, 2.05) is 4.90 Å². The predicted molar refractivity (Wildman–Crippen MR) is 103 cm³/mol. The van der Waals surface area contributed by atoms with Gasteiger partial charge in [-0.25, -0.2) is 9.18 Å². The van der Waals surface area contributed by atoms with Gasteiger partial charge < -0.3 is 19.6 Å². The fourth-order valence-electron chi connectivity index (χ4n) is 4.43. The molecule has 10 heteroatoms. The molecule has 3 aliphatic rings. The molecule has 4 rings (SSSR count). The first-order chi connectivity index (χ1) is 14.6. The fraction of sp³-hybridized carbons (Fsp3) is 0.619. The topological polar surface area (TPSA) is 70.1 Å². The van der Waals surface area contributed by atoms with Crippen molar-refractivity contribution < 1.29 is 37.0 Å². The molecule has 0 saturated carbocycles. The highest BCUT2D eigenvalue weighted by atomic mass is 19.4. The number of carbonyl (C=O) groups is 2. The van der Waals surface area contributed by atoms with Crippen molar-refractivity contribution >= 4 is 11.9 Å². The number of piperidine rings is 1. The van der Waals surface area contributed by atoms with Crippen LogP contribution in [0.25, 0.3) is 0 Å². The van der Waals surface area contributed by atoms with Crippen molar-refractivity contribution in [2.45, 2.75) is 31.5 Å². The van der Waals surface area contributed by atoms with Crippen molar-refractivity contribution in [2.24, 2.45) is 11.8 Å². The SMILES string of the molecule is O=C(O)C(F)(F)F.O=C(c1ccc(F)cc1)N1C[C@H]2CN(CC3CCCO3)CC[C@H]2C1. The molecule has 3 fully saturated rings. The van der Waals surface area contributed by atoms with Crippen LogP contribution in [0.3, 0.4) is 0 Å². The first kappa shape index (κ1) is 23.5. The quantitative estimate of drug-likeness (QED) is 0.723. The van der Waals surface area contributed by atoms with E-state index in [2.05, 4.69) is 4.90 Å². The molecule has 6 nitrogen and oxygen atoms in total. The third-order valence-corrected chi connectivity index (χ3v) is 5.99. The zero-order valence-corrected chi connectivity index (χ0v) is 17.0. The summed E-state index contributed by atoms with van der Waals surface area (Å²) >= 11 is 0. The maximum Gasteiger partial charge on any atom is 0.490 e. The van der Waals surface area contributed by atoms with Crippen LogP contribution in [-0.2, 0) is 9.53 Å². The van der Waals surface area contributed by atoms with Gasteiger partial charge in [-0.3, -0.25) is 4.79 Å². The van der Waals surface area contributed by atoms with Gasteiger partial charge in [-0.15, -0.1) is 0 Å². The van der Waals surface area contributed by atoms with Crippen LogP contribution in [0.4, 0.5) is 17.6 Å². The van der Waals surface area contributed by atoms with Crippen molar-refractivity contribution in [3.05, 3.63) is 35.6 Å². The van der Waals surface area contributed by atoms with Crippen LogP contribution in [0.2, 0.25) is 0 Å². The lowest BCUT2D eigenvalue weighted by molar-refractivity contribution is -0.192. The van der Waals surface area contributed by atoms with Gasteiger partial charge >= 0.3 is 12.1 Å². The van der Waals surface area contributed by atoms with Crippen LogP contribution in [0.1, 0.15) is 29.6 Å². The summed E-state index contributed by atoms with van der Waals surface area (Å²) in [5.41, 5.74) is 0.589. The maximum absolute atomic E-state index is 13.0. The monoisotopic (exact) mass is 446 g/mol. The molecule has 0 bridgehead atoms. The number of carboxylic acids is 1. The molecule has 3 atom stereocenters. The number of amides is 1. The third kappa shape index (κ3) is 6.39. The number of benzene rings is 1. The molecule has 1 unspecified atom stereocenters. The Morgan fingerprint density at radius 3 is 2.29 bits per heavy atom. The number of fused-ring (bicyclic) bond motifs is 1. The summed E-state index contributed by atoms with van der Waals surface area (Å²) in [5, 5.41) is 7.12. The second-order valence-electron chi connectivity index (χ2n) is 8.22. The summed E-state index contributed by atoms with van der Waals surface area (Å²) in [6, 6.07) is 5.89. The summed E-state index contributed by atoms with van der Waals surface area (Å²) in [5.74, 6) is -1.85. The summed E-state index contributed by atoms with van der Waals surface area (Å²) in [7, 11) is 0. The van der Waals surface area contributed by atoms with Gasteiger partial charge in [-0.05, 0) is 61.9 Å². The van der Waals surface area contributed by atoms with Crippen molar-refractivity contribution in [1.82, 2.24) is 9.80 Å². The van der Waals surface area contributed by atoms with Crippen molar-refractivity contribution in [2.75, 3.05) is 39.3 Å². The largest absolute Gasteiger partial charge is 0.490 e. The average Bonchev–Trinajstić information content (AvgIpc) is 3.37. The van der Waals surface area contributed by atoms with Crippen molar-refractivity contribution in [1.29, 1.82) is 0 Å². The van der Waals surface area contributed by atoms with E-state index in [0.29, 0.717) is 23.5 Å². The van der Waals surface area contributed by atoms with Gasteiger partial charge in [0.15, 0.2) is 0 Å². The second kappa shape index (κ2) is 9.95. The Morgan fingerprint density at radius 2 is 1.71 bits per heavy atom. The third-order valence-electron chi connectivity index (χ3n) is 5.99. The van der Waals surface area contributed by atoms with Gasteiger partial charge in [0.1, 0.15) is 5.82 Å². The molecule has 31 heavy (non-hydrogen) atoms. The molecule has 0 radical (unpaired) electrons. The Morgan fingerprint density at radius 1 is 1.06 bits per heavy atom. The minimum atomic E-state index is -5.08. The molecule has 1 N–H and O–H groups in total. The standard InChI is InChI=1S/C19H25FN2O2.C2HF3O2/c20-17-5-3-14(4-6-17)19(23)22-11-15-7-8-21(10-16(15)12-22)13-18-2-1-9-24-18;3-2(4,5)1(6)7/h3-6,15-16,18H,1-2,7-13H2;(H,6,7)/t15-,16+,18?;/m0./s1. The van der Waals surface area contributed by atoms with Crippen LogP contribution in [-0.4, -0.2) is 78.4 Å². The first-order valence-corrected chi connectivity index (χ1v) is 10.3. The number of aliphatic carboxylic acids is 1. The number of likely N-dealkylation sites (tertiary alicyclic amines) is 2. The number of nitrogens with zero attached hydrogens (tertiary/aromatic N) is 2. The second-order valence-corrected chi connectivity index (χ2v) is 8.22. The average molecular weight is 446 g/mol. The summed E-state index contributed by atoms with van der Waals surface area (Å²) in [4.78, 5) is 26.0. The zero-order valence-electron chi connectivity index (χ0n) is 17.0. The molecule has 0 aromatic heterocycles. The van der Waals surface area contributed by atoms with Gasteiger partial charge in [-0.1, -0.05) is 0 Å². The highest BCUT2D eigenvalue weighted by molar-refractivity contribution is 5.94. The van der Waals surface area contributed by atoms with Crippen LogP contribution in [0.15, 0.2) is 24.3 Å². The Bertz CT molecular complexity index is 766. The van der Waals surface area contributed by atoms with Gasteiger partial charge in [0.2, 0.25) is 0 Å². The lowest BCUT2D eigenvalue weighted by Gasteiger charge is -2.35. The van der Waals surface area contributed by atoms with Crippen LogP contribution in [0, 0.1) is 17.7 Å². The first-order valence-electron chi connectivity index (χ1n) is 10.3. The molecule has 3 saturated heterocycles. The molecule has 172 valence electrons. The van der Waals surface area contributed by atoms with E-state index < -0.39 is 12.1 Å². The predicted octanol–water partition coefficient (Wildman–Crippen LogP) is 3.03. The van der Waals surface area contributed by atoms with E-state index in [4.69, 9.17) is 14.6 Å². The Labute approximate surface area is 177 Å². The number of halogens is 4. The van der Waals surface area contributed by atoms with E-state index in [0.717, 1.165) is 45.8 Å². The van der Waals surface area contributed by atoms with Crippen molar-refractivity contribution in [3.8, 4) is 0 Å². The lowest BCUT2D eigenvalue weighted by atomic mass is 9.88. The molecule has 0 aliphatic carbocycles. The Hall–Kier alpha value is -2.20. The minimum absolute atomic E-state index is 0.0371. The van der Waals surface area contributed by atoms with E-state index >= 15 is 0 Å². The zero-order chi connectivity index (χ0) is 22.6. The number of carbonyl (C=O) groups excluding carboxylic acids is 1. The van der Waals surface area contributed by atoms with Crippen LogP contribution in [0.5, 0.6) is 0 Å². The molecular formula is C21H26F4N2O4. The minimum Gasteiger partial charge on any atom is -0.475 e.